The summed E-state index contributed by atoms with van der Waals surface area (Å²) in [5, 5.41) is 2.77. The number of carbonyl (C=O) groups is 4. The average Bonchev–Trinajstić information content (AvgIpc) is 4.05. The number of hydrogen-bond acceptors (Lipinski definition) is 10. The summed E-state index contributed by atoms with van der Waals surface area (Å²) in [5.41, 5.74) is 3.25. The molecule has 49 heavy (non-hydrogen) atoms. The molecule has 12 heteroatoms. The van der Waals surface area contributed by atoms with Crippen molar-refractivity contribution in [3.63, 3.8) is 0 Å². The average molecular weight is 673 g/mol. The Labute approximate surface area is 284 Å². The Morgan fingerprint density at radius 3 is 2.14 bits per heavy atom. The molecule has 0 radical (unpaired) electrons. The first-order chi connectivity index (χ1) is 23.7. The summed E-state index contributed by atoms with van der Waals surface area (Å²) in [4.78, 5) is 55.1. The molecule has 3 aromatic rings. The summed E-state index contributed by atoms with van der Waals surface area (Å²) in [6.45, 7) is 3.47. The third-order valence-electron chi connectivity index (χ3n) is 8.69. The monoisotopic (exact) mass is 672 g/mol. The molecule has 3 aliphatic rings. The number of nitrogens with one attached hydrogen (secondary N) is 1. The number of methoxy groups -OCH3 is 1. The van der Waals surface area contributed by atoms with Crippen molar-refractivity contribution in [3.05, 3.63) is 83.4 Å². The third kappa shape index (κ3) is 8.57. The van der Waals surface area contributed by atoms with Gasteiger partial charge in [0, 0.05) is 36.9 Å². The first kappa shape index (κ1) is 33.9. The van der Waals surface area contributed by atoms with Gasteiger partial charge in [-0.1, -0.05) is 49.4 Å². The normalized spacial score (nSPS) is 23.0. The predicted molar refractivity (Wildman–Crippen MR) is 176 cm³/mol. The van der Waals surface area contributed by atoms with Crippen LogP contribution >= 0.6 is 0 Å². The van der Waals surface area contributed by atoms with E-state index in [2.05, 4.69) is 5.32 Å². The zero-order valence-corrected chi connectivity index (χ0v) is 27.7. The standard InChI is InChI=1S/C37H40N2O10/c1-22-13-31(40)34(39(2)37(43)49-17-23-7-5-4-6-8-23)25-10-12-33(48-21-27-19-46-27)29(16-25)28-14-24(9-11-32(28)47-20-26-18-45-26)15-30(36(42)44-3)38-35(22)41/h4-12,14,16,22,26-27,30,34H,13,15,17-21H2,1-3H3,(H,38,41)/t22-,26-,27-,30+,34+/m1/s1. The van der Waals surface area contributed by atoms with Crippen LogP contribution in [0.3, 0.4) is 0 Å². The number of Topliss-reactive ketones (excluding diaryl/α,β-unsaturated/α-hetero) is 1. The van der Waals surface area contributed by atoms with Gasteiger partial charge in [0.2, 0.25) is 5.91 Å². The molecule has 3 heterocycles. The van der Waals surface area contributed by atoms with Gasteiger partial charge in [-0.3, -0.25) is 14.5 Å². The van der Waals surface area contributed by atoms with Crippen molar-refractivity contribution in [3.8, 4) is 22.6 Å². The van der Waals surface area contributed by atoms with E-state index >= 15 is 0 Å². The summed E-state index contributed by atoms with van der Waals surface area (Å²) in [5.74, 6) is -1.29. The molecule has 6 rings (SSSR count). The van der Waals surface area contributed by atoms with Crippen LogP contribution in [0, 0.1) is 5.92 Å². The van der Waals surface area contributed by atoms with Gasteiger partial charge in [0.1, 0.15) is 55.6 Å². The minimum atomic E-state index is -1.12. The predicted octanol–water partition coefficient (Wildman–Crippen LogP) is 4.03. The van der Waals surface area contributed by atoms with E-state index in [1.165, 1.54) is 19.1 Å². The van der Waals surface area contributed by atoms with E-state index in [4.69, 9.17) is 28.4 Å². The van der Waals surface area contributed by atoms with E-state index < -0.39 is 41.8 Å². The Morgan fingerprint density at radius 1 is 0.878 bits per heavy atom. The zero-order chi connectivity index (χ0) is 34.5. The number of carbonyl (C=O) groups excluding carboxylic acids is 4. The highest BCUT2D eigenvalue weighted by molar-refractivity contribution is 5.94. The third-order valence-corrected chi connectivity index (χ3v) is 8.69. The van der Waals surface area contributed by atoms with Crippen LogP contribution in [0.1, 0.15) is 36.1 Å². The lowest BCUT2D eigenvalue weighted by Gasteiger charge is -2.29. The molecule has 0 saturated carbocycles. The van der Waals surface area contributed by atoms with E-state index in [1.54, 1.807) is 31.2 Å². The smallest absolute Gasteiger partial charge is 0.410 e. The van der Waals surface area contributed by atoms with E-state index in [-0.39, 0.29) is 31.7 Å². The second-order valence-electron chi connectivity index (χ2n) is 12.5. The van der Waals surface area contributed by atoms with Crippen LogP contribution in [0.15, 0.2) is 66.7 Å². The van der Waals surface area contributed by atoms with Gasteiger partial charge in [0.25, 0.3) is 0 Å². The van der Waals surface area contributed by atoms with Gasteiger partial charge in [-0.05, 0) is 41.0 Å². The Bertz CT molecular complexity index is 1690. The van der Waals surface area contributed by atoms with Crippen molar-refractivity contribution in [2.45, 2.75) is 50.7 Å². The molecule has 4 bridgehead atoms. The van der Waals surface area contributed by atoms with Crippen molar-refractivity contribution < 1.29 is 47.6 Å². The van der Waals surface area contributed by atoms with Crippen molar-refractivity contribution in [2.75, 3.05) is 40.6 Å². The maximum absolute atomic E-state index is 14.2. The summed E-state index contributed by atoms with van der Waals surface area (Å²) in [6, 6.07) is 17.9. The molecule has 3 aromatic carbocycles. The Balaban J connectivity index is 1.44. The fourth-order valence-electron chi connectivity index (χ4n) is 5.73. The number of benzene rings is 3. The Morgan fingerprint density at radius 2 is 1.51 bits per heavy atom. The molecule has 0 aliphatic carbocycles. The van der Waals surface area contributed by atoms with E-state index in [0.717, 1.165) is 11.1 Å². The van der Waals surface area contributed by atoms with Crippen LogP contribution in [-0.2, 0) is 46.4 Å². The maximum atomic E-state index is 14.2. The first-order valence-electron chi connectivity index (χ1n) is 16.3. The van der Waals surface area contributed by atoms with Crippen molar-refractivity contribution in [2.24, 2.45) is 5.92 Å². The molecule has 0 spiro atoms. The second kappa shape index (κ2) is 15.1. The number of hydrogen-bond donors (Lipinski definition) is 1. The lowest BCUT2D eigenvalue weighted by molar-refractivity contribution is -0.145. The minimum absolute atomic E-state index is 0.0120. The van der Waals surface area contributed by atoms with Crippen LogP contribution in [0.25, 0.3) is 11.1 Å². The number of amides is 2. The molecule has 0 aromatic heterocycles. The molecule has 5 atom stereocenters. The molecule has 0 unspecified atom stereocenters. The maximum Gasteiger partial charge on any atom is 0.410 e. The lowest BCUT2D eigenvalue weighted by Crippen LogP contribution is -2.46. The number of epoxide rings is 2. The van der Waals surface area contributed by atoms with Crippen LogP contribution < -0.4 is 14.8 Å². The van der Waals surface area contributed by atoms with Crippen LogP contribution in [0.5, 0.6) is 11.5 Å². The fourth-order valence-corrected chi connectivity index (χ4v) is 5.73. The number of likely N-dealkylation sites (N-methyl/N-ethyl adjacent to an activating group) is 1. The minimum Gasteiger partial charge on any atom is -0.490 e. The van der Waals surface area contributed by atoms with Gasteiger partial charge >= 0.3 is 12.1 Å². The molecule has 2 saturated heterocycles. The van der Waals surface area contributed by atoms with Crippen molar-refractivity contribution in [1.29, 1.82) is 0 Å². The highest BCUT2D eigenvalue weighted by Gasteiger charge is 2.35. The highest BCUT2D eigenvalue weighted by Crippen LogP contribution is 2.41. The SMILES string of the molecule is COC(=O)[C@@H]1Cc2ccc(OC[C@H]3CO3)c(c2)-c2cc(ccc2OC[C@H]2CO2)[C@H](N(C)C(=O)OCc2ccccc2)C(=O)C[C@@H](C)C(=O)N1. The molecule has 1 N–H and O–H groups in total. The fraction of sp³-hybridized carbons (Fsp3) is 0.405. The molecule has 3 aliphatic heterocycles. The Kier molecular flexibility index (Phi) is 10.4. The Hall–Kier alpha value is -4.94. The van der Waals surface area contributed by atoms with Crippen molar-refractivity contribution in [1.82, 2.24) is 10.2 Å². The van der Waals surface area contributed by atoms with E-state index in [1.807, 2.05) is 42.5 Å². The number of ketones is 1. The van der Waals surface area contributed by atoms with Gasteiger partial charge < -0.3 is 33.7 Å². The van der Waals surface area contributed by atoms with Gasteiger partial charge in [-0.25, -0.2) is 9.59 Å². The summed E-state index contributed by atoms with van der Waals surface area (Å²) in [6.07, 6.45) is -0.839. The molecular weight excluding hydrogens is 632 g/mol. The number of rotatable bonds is 10. The molecule has 2 amide bonds. The summed E-state index contributed by atoms with van der Waals surface area (Å²) in [7, 11) is 2.75. The van der Waals surface area contributed by atoms with E-state index in [0.29, 0.717) is 54.6 Å². The van der Waals surface area contributed by atoms with Crippen LogP contribution in [-0.4, -0.2) is 87.5 Å². The zero-order valence-electron chi connectivity index (χ0n) is 27.7. The number of fused-ring (bicyclic) bond motifs is 5. The molecular formula is C37H40N2O10. The molecule has 12 nitrogen and oxygen atoms in total. The van der Waals surface area contributed by atoms with Crippen LogP contribution in [0.4, 0.5) is 4.79 Å². The quantitative estimate of drug-likeness (QED) is 0.248. The second-order valence-corrected chi connectivity index (χ2v) is 12.5. The number of esters is 1. The largest absolute Gasteiger partial charge is 0.490 e. The van der Waals surface area contributed by atoms with Gasteiger partial charge in [-0.15, -0.1) is 0 Å². The lowest BCUT2D eigenvalue weighted by atomic mass is 9.90. The van der Waals surface area contributed by atoms with Gasteiger partial charge in [0.15, 0.2) is 5.78 Å². The number of nitrogens with zero attached hydrogens (tertiary/aromatic N) is 1. The van der Waals surface area contributed by atoms with Crippen LogP contribution in [0.2, 0.25) is 0 Å². The first-order valence-corrected chi connectivity index (χ1v) is 16.3. The topological polar surface area (TPSA) is 146 Å². The van der Waals surface area contributed by atoms with Crippen molar-refractivity contribution >= 4 is 23.8 Å². The van der Waals surface area contributed by atoms with Gasteiger partial charge in [-0.2, -0.15) is 0 Å². The molecule has 2 fully saturated rings. The summed E-state index contributed by atoms with van der Waals surface area (Å²) < 4.78 is 33.9. The van der Waals surface area contributed by atoms with E-state index in [9.17, 15) is 19.2 Å². The highest BCUT2D eigenvalue weighted by atomic mass is 16.6. The summed E-state index contributed by atoms with van der Waals surface area (Å²) >= 11 is 0. The molecule has 258 valence electrons. The van der Waals surface area contributed by atoms with Gasteiger partial charge in [0.05, 0.1) is 20.3 Å². The number of ether oxygens (including phenoxy) is 6.